The summed E-state index contributed by atoms with van der Waals surface area (Å²) in [7, 11) is 1.78. The van der Waals surface area contributed by atoms with Crippen molar-refractivity contribution in [3.63, 3.8) is 0 Å². The summed E-state index contributed by atoms with van der Waals surface area (Å²) in [6.45, 7) is 0.965. The SMILES string of the molecule is CN=C(NCc1ccc2c(c1)OCO2)NC1CC1c1cccc(Cl)c1. The molecular weight excluding hydrogens is 338 g/mol. The minimum atomic E-state index is 0.294. The molecule has 4 rings (SSSR count). The fourth-order valence-corrected chi connectivity index (χ4v) is 3.27. The average molecular weight is 358 g/mol. The molecule has 2 aromatic carbocycles. The molecule has 2 N–H and O–H groups in total. The lowest BCUT2D eigenvalue weighted by Gasteiger charge is -2.12. The predicted octanol–water partition coefficient (Wildman–Crippen LogP) is 3.29. The second kappa shape index (κ2) is 6.84. The molecule has 1 aliphatic carbocycles. The minimum Gasteiger partial charge on any atom is -0.454 e. The van der Waals surface area contributed by atoms with Crippen molar-refractivity contribution in [2.24, 2.45) is 4.99 Å². The molecule has 25 heavy (non-hydrogen) atoms. The number of guanidine groups is 1. The Labute approximate surface area is 152 Å². The van der Waals surface area contributed by atoms with Gasteiger partial charge in [0.25, 0.3) is 0 Å². The molecule has 0 radical (unpaired) electrons. The number of nitrogens with one attached hydrogen (secondary N) is 2. The maximum atomic E-state index is 6.08. The summed E-state index contributed by atoms with van der Waals surface area (Å²) in [5, 5.41) is 7.60. The summed E-state index contributed by atoms with van der Waals surface area (Å²) in [4.78, 5) is 4.31. The number of rotatable bonds is 4. The largest absolute Gasteiger partial charge is 0.454 e. The van der Waals surface area contributed by atoms with E-state index in [1.807, 2.05) is 36.4 Å². The molecule has 2 aliphatic rings. The molecule has 0 aromatic heterocycles. The molecule has 1 fully saturated rings. The highest BCUT2D eigenvalue weighted by Crippen LogP contribution is 2.41. The van der Waals surface area contributed by atoms with Gasteiger partial charge in [-0.15, -0.1) is 0 Å². The van der Waals surface area contributed by atoms with Crippen LogP contribution in [-0.2, 0) is 6.54 Å². The van der Waals surface area contributed by atoms with Crippen LogP contribution in [0.3, 0.4) is 0 Å². The van der Waals surface area contributed by atoms with Crippen molar-refractivity contribution in [2.45, 2.75) is 24.9 Å². The highest BCUT2D eigenvalue weighted by atomic mass is 35.5. The third-order valence-corrected chi connectivity index (χ3v) is 4.75. The molecule has 2 unspecified atom stereocenters. The molecule has 1 saturated carbocycles. The fraction of sp³-hybridized carbons (Fsp3) is 0.316. The van der Waals surface area contributed by atoms with Gasteiger partial charge in [-0.25, -0.2) is 0 Å². The van der Waals surface area contributed by atoms with Crippen LogP contribution in [0, 0.1) is 0 Å². The summed E-state index contributed by atoms with van der Waals surface area (Å²) >= 11 is 6.08. The van der Waals surface area contributed by atoms with Crippen LogP contribution in [0.1, 0.15) is 23.5 Å². The number of ether oxygens (including phenoxy) is 2. The lowest BCUT2D eigenvalue weighted by atomic mass is 10.1. The first kappa shape index (κ1) is 16.1. The quantitative estimate of drug-likeness (QED) is 0.651. The zero-order chi connectivity index (χ0) is 17.2. The summed E-state index contributed by atoms with van der Waals surface area (Å²) in [6, 6.07) is 14.4. The van der Waals surface area contributed by atoms with Gasteiger partial charge in [0.1, 0.15) is 0 Å². The molecule has 1 heterocycles. The molecule has 0 saturated heterocycles. The number of hydrogen-bond donors (Lipinski definition) is 2. The van der Waals surface area contributed by atoms with E-state index in [-0.39, 0.29) is 0 Å². The van der Waals surface area contributed by atoms with Gasteiger partial charge in [0.2, 0.25) is 6.79 Å². The van der Waals surface area contributed by atoms with E-state index >= 15 is 0 Å². The monoisotopic (exact) mass is 357 g/mol. The third kappa shape index (κ3) is 3.66. The molecule has 2 aromatic rings. The Balaban J connectivity index is 1.32. The van der Waals surface area contributed by atoms with Crippen molar-refractivity contribution in [2.75, 3.05) is 13.8 Å². The number of nitrogens with zero attached hydrogens (tertiary/aromatic N) is 1. The van der Waals surface area contributed by atoms with Crippen LogP contribution in [0.15, 0.2) is 47.5 Å². The van der Waals surface area contributed by atoms with Gasteiger partial charge in [0, 0.05) is 30.6 Å². The Morgan fingerprint density at radius 3 is 2.92 bits per heavy atom. The molecule has 6 heteroatoms. The lowest BCUT2D eigenvalue weighted by Crippen LogP contribution is -2.38. The Morgan fingerprint density at radius 2 is 2.08 bits per heavy atom. The van der Waals surface area contributed by atoms with Crippen molar-refractivity contribution in [1.29, 1.82) is 0 Å². The summed E-state index contributed by atoms with van der Waals surface area (Å²) in [5.41, 5.74) is 2.39. The maximum absolute atomic E-state index is 6.08. The van der Waals surface area contributed by atoms with E-state index in [0.717, 1.165) is 34.5 Å². The van der Waals surface area contributed by atoms with Gasteiger partial charge in [-0.2, -0.15) is 0 Å². The normalized spacial score (nSPS) is 21.1. The lowest BCUT2D eigenvalue weighted by molar-refractivity contribution is 0.174. The van der Waals surface area contributed by atoms with Gasteiger partial charge in [-0.05, 0) is 41.8 Å². The third-order valence-electron chi connectivity index (χ3n) is 4.51. The van der Waals surface area contributed by atoms with Crippen LogP contribution in [-0.4, -0.2) is 25.8 Å². The molecule has 0 spiro atoms. The van der Waals surface area contributed by atoms with Gasteiger partial charge >= 0.3 is 0 Å². The van der Waals surface area contributed by atoms with Crippen molar-refractivity contribution in [3.8, 4) is 11.5 Å². The van der Waals surface area contributed by atoms with Gasteiger partial charge < -0.3 is 20.1 Å². The minimum absolute atomic E-state index is 0.294. The molecule has 2 atom stereocenters. The van der Waals surface area contributed by atoms with Gasteiger partial charge in [-0.1, -0.05) is 29.8 Å². The highest BCUT2D eigenvalue weighted by molar-refractivity contribution is 6.30. The van der Waals surface area contributed by atoms with E-state index in [1.165, 1.54) is 5.56 Å². The van der Waals surface area contributed by atoms with E-state index in [0.29, 0.717) is 25.3 Å². The van der Waals surface area contributed by atoms with Gasteiger partial charge in [0.05, 0.1) is 0 Å². The summed E-state index contributed by atoms with van der Waals surface area (Å²) in [5.74, 6) is 2.88. The number of hydrogen-bond acceptors (Lipinski definition) is 3. The van der Waals surface area contributed by atoms with Crippen LogP contribution >= 0.6 is 11.6 Å². The van der Waals surface area contributed by atoms with Crippen LogP contribution in [0.25, 0.3) is 0 Å². The molecule has 5 nitrogen and oxygen atoms in total. The number of benzene rings is 2. The molecule has 0 amide bonds. The molecule has 130 valence electrons. The first-order chi connectivity index (χ1) is 12.2. The van der Waals surface area contributed by atoms with Crippen molar-refractivity contribution >= 4 is 17.6 Å². The van der Waals surface area contributed by atoms with E-state index in [1.54, 1.807) is 7.05 Å². The second-order valence-corrected chi connectivity index (χ2v) is 6.70. The number of fused-ring (bicyclic) bond motifs is 1. The van der Waals surface area contributed by atoms with E-state index in [2.05, 4.69) is 21.7 Å². The summed E-state index contributed by atoms with van der Waals surface area (Å²) in [6.07, 6.45) is 1.09. The van der Waals surface area contributed by atoms with E-state index < -0.39 is 0 Å². The zero-order valence-corrected chi connectivity index (χ0v) is 14.7. The van der Waals surface area contributed by atoms with E-state index in [4.69, 9.17) is 21.1 Å². The van der Waals surface area contributed by atoms with E-state index in [9.17, 15) is 0 Å². The van der Waals surface area contributed by atoms with Crippen molar-refractivity contribution < 1.29 is 9.47 Å². The zero-order valence-electron chi connectivity index (χ0n) is 14.0. The fourth-order valence-electron chi connectivity index (χ4n) is 3.07. The summed E-state index contributed by atoms with van der Waals surface area (Å²) < 4.78 is 10.7. The Kier molecular flexibility index (Phi) is 4.40. The molecular formula is C19H20ClN3O2. The predicted molar refractivity (Wildman–Crippen MR) is 98.5 cm³/mol. The van der Waals surface area contributed by atoms with Gasteiger partial charge in [-0.3, -0.25) is 4.99 Å². The second-order valence-electron chi connectivity index (χ2n) is 6.26. The average Bonchev–Trinajstić information content (AvgIpc) is 3.24. The van der Waals surface area contributed by atoms with Crippen LogP contribution in [0.5, 0.6) is 11.5 Å². The highest BCUT2D eigenvalue weighted by Gasteiger charge is 2.39. The Bertz CT molecular complexity index is 809. The first-order valence-electron chi connectivity index (χ1n) is 8.34. The topological polar surface area (TPSA) is 54.9 Å². The van der Waals surface area contributed by atoms with Crippen molar-refractivity contribution in [1.82, 2.24) is 10.6 Å². The molecule has 0 bridgehead atoms. The van der Waals surface area contributed by atoms with Crippen LogP contribution in [0.2, 0.25) is 5.02 Å². The van der Waals surface area contributed by atoms with Crippen molar-refractivity contribution in [3.05, 3.63) is 58.6 Å². The Hall–Kier alpha value is -2.40. The smallest absolute Gasteiger partial charge is 0.231 e. The Morgan fingerprint density at radius 1 is 1.20 bits per heavy atom. The maximum Gasteiger partial charge on any atom is 0.231 e. The number of halogens is 1. The first-order valence-corrected chi connectivity index (χ1v) is 8.72. The van der Waals surface area contributed by atoms with Gasteiger partial charge in [0.15, 0.2) is 17.5 Å². The molecule has 1 aliphatic heterocycles. The number of aliphatic imine (C=N–C) groups is 1. The van der Waals surface area contributed by atoms with Crippen LogP contribution in [0.4, 0.5) is 0 Å². The van der Waals surface area contributed by atoms with Crippen LogP contribution < -0.4 is 20.1 Å². The standard InChI is InChI=1S/C19H20ClN3O2/c1-21-19(22-10-12-5-6-17-18(7-12)25-11-24-17)23-16-9-15(16)13-3-2-4-14(20)8-13/h2-8,15-16H,9-11H2,1H3,(H2,21,22,23).